The Morgan fingerprint density at radius 3 is 1.71 bits per heavy atom. The van der Waals surface area contributed by atoms with Gasteiger partial charge in [-0.1, -0.05) is 0 Å². The number of pyridine rings is 1. The van der Waals surface area contributed by atoms with Gasteiger partial charge in [-0.3, -0.25) is 0 Å². The summed E-state index contributed by atoms with van der Waals surface area (Å²) in [5.74, 6) is 1.53. The monoisotopic (exact) mass is 350 g/mol. The fraction of sp³-hybridized carbons (Fsp3) is 0.154. The summed E-state index contributed by atoms with van der Waals surface area (Å²) in [6, 6.07) is 3.26. The second kappa shape index (κ2) is 6.92. The van der Waals surface area contributed by atoms with E-state index in [4.69, 9.17) is 0 Å². The van der Waals surface area contributed by atoms with Crippen LogP contribution in [0.1, 0.15) is 0 Å². The minimum absolute atomic E-state index is 0.188. The van der Waals surface area contributed by atoms with Gasteiger partial charge in [-0.2, -0.15) is 0 Å². The van der Waals surface area contributed by atoms with E-state index in [1.54, 1.807) is 12.1 Å². The van der Waals surface area contributed by atoms with Gasteiger partial charge in [-0.15, -0.1) is 13.3 Å². The molecule has 0 unspecified atom stereocenters. The van der Waals surface area contributed by atoms with Gasteiger partial charge in [0.1, 0.15) is 17.4 Å². The van der Waals surface area contributed by atoms with Crippen LogP contribution < -0.4 is 9.80 Å². The summed E-state index contributed by atoms with van der Waals surface area (Å²) in [5, 5.41) is 9.85. The van der Waals surface area contributed by atoms with E-state index in [0.717, 1.165) is 0 Å². The van der Waals surface area contributed by atoms with E-state index in [9.17, 15) is 5.11 Å². The van der Waals surface area contributed by atoms with Gasteiger partial charge in [-0.05, 0) is 38.9 Å². The molecule has 2 aliphatic heterocycles. The van der Waals surface area contributed by atoms with Gasteiger partial charge < -0.3 is 24.7 Å². The van der Waals surface area contributed by atoms with Crippen molar-refractivity contribution in [3.05, 3.63) is 50.3 Å². The second-order valence-electron chi connectivity index (χ2n) is 4.51. The van der Waals surface area contributed by atoms with Crippen LogP contribution in [0.5, 0.6) is 5.75 Å². The molecule has 3 rings (SSSR count). The molecule has 21 heavy (non-hydrogen) atoms. The Morgan fingerprint density at radius 2 is 1.38 bits per heavy atom. The zero-order valence-electron chi connectivity index (χ0n) is 11.5. The number of hydrogen-bond donors (Lipinski definition) is 1. The first-order valence-corrected chi connectivity index (χ1v) is 7.38. The molecule has 0 atom stereocenters. The summed E-state index contributed by atoms with van der Waals surface area (Å²) >= 11 is 3.35. The molecule has 0 fully saturated rings. The van der Waals surface area contributed by atoms with Crippen LogP contribution in [0.4, 0.5) is 11.6 Å². The van der Waals surface area contributed by atoms with E-state index in [-0.39, 0.29) is 5.75 Å². The number of nitrogens with zero attached hydrogens (tertiary/aromatic N) is 5. The molecule has 0 spiro atoms. The van der Waals surface area contributed by atoms with Crippen molar-refractivity contribution in [2.45, 2.75) is 0 Å². The molecule has 6 nitrogen and oxygen atoms in total. The predicted molar refractivity (Wildman–Crippen MR) is 79.1 cm³/mol. The fourth-order valence-corrected chi connectivity index (χ4v) is 1.92. The SMILES string of the molecule is CN1C=CN(c2cc(O)cc(N3C=CN(C)[CH-]3)n2)[CH-]1.[Cl][Ni]. The van der Waals surface area contributed by atoms with Gasteiger partial charge in [0.2, 0.25) is 0 Å². The van der Waals surface area contributed by atoms with Gasteiger partial charge in [0.15, 0.2) is 0 Å². The molecule has 0 aromatic carbocycles. The number of rotatable bonds is 2. The van der Waals surface area contributed by atoms with Crippen molar-refractivity contribution < 1.29 is 19.7 Å². The number of aromatic hydroxyl groups is 1. The van der Waals surface area contributed by atoms with Crippen molar-refractivity contribution >= 4 is 21.8 Å². The molecule has 0 saturated carbocycles. The summed E-state index contributed by atoms with van der Waals surface area (Å²) in [6.45, 7) is 3.78. The normalized spacial score (nSPS) is 16.6. The number of aromatic nitrogens is 1. The van der Waals surface area contributed by atoms with Crippen LogP contribution in [0.2, 0.25) is 0 Å². The maximum absolute atomic E-state index is 9.85. The van der Waals surface area contributed by atoms with Crippen LogP contribution in [0.15, 0.2) is 36.9 Å². The Morgan fingerprint density at radius 1 is 0.952 bits per heavy atom. The molecule has 8 heteroatoms. The predicted octanol–water partition coefficient (Wildman–Crippen LogP) is 2.16. The third-order valence-electron chi connectivity index (χ3n) is 2.85. The molecule has 117 valence electrons. The average molecular weight is 351 g/mol. The van der Waals surface area contributed by atoms with Crippen molar-refractivity contribution in [2.75, 3.05) is 23.9 Å². The molecule has 3 heterocycles. The Labute approximate surface area is 136 Å². The summed E-state index contributed by atoms with van der Waals surface area (Å²) in [4.78, 5) is 12.1. The minimum atomic E-state index is 0.188. The summed E-state index contributed by atoms with van der Waals surface area (Å²) in [7, 11) is 8.14. The number of hydrogen-bond acceptors (Lipinski definition) is 6. The van der Waals surface area contributed by atoms with E-state index < -0.39 is 0 Å². The summed E-state index contributed by atoms with van der Waals surface area (Å²) in [5.41, 5.74) is 0. The number of halogens is 1. The quantitative estimate of drug-likeness (QED) is 0.651. The van der Waals surface area contributed by atoms with Crippen LogP contribution in [0, 0.1) is 13.3 Å². The zero-order valence-corrected chi connectivity index (χ0v) is 13.2. The van der Waals surface area contributed by atoms with Crippen LogP contribution >= 0.6 is 10.2 Å². The van der Waals surface area contributed by atoms with Crippen molar-refractivity contribution in [2.24, 2.45) is 0 Å². The summed E-state index contributed by atoms with van der Waals surface area (Å²) in [6.07, 6.45) is 7.62. The van der Waals surface area contributed by atoms with E-state index >= 15 is 0 Å². The molecular formula is C13H15ClN5NiO-2. The second-order valence-corrected chi connectivity index (χ2v) is 4.51. The number of anilines is 2. The maximum atomic E-state index is 9.85. The Bertz CT molecular complexity index is 509. The van der Waals surface area contributed by atoms with Crippen LogP contribution in [-0.4, -0.2) is 34.0 Å². The molecule has 0 aliphatic carbocycles. The van der Waals surface area contributed by atoms with Gasteiger partial charge in [0.05, 0.1) is 0 Å². The molecule has 0 bridgehead atoms. The average Bonchev–Trinajstić information content (AvgIpc) is 3.09. The molecule has 1 aromatic heterocycles. The first-order valence-electron chi connectivity index (χ1n) is 6.02. The third-order valence-corrected chi connectivity index (χ3v) is 2.85. The van der Waals surface area contributed by atoms with Crippen LogP contribution in [-0.2, 0) is 14.6 Å². The van der Waals surface area contributed by atoms with Gasteiger partial charge in [0.25, 0.3) is 0 Å². The molecule has 2 aliphatic rings. The van der Waals surface area contributed by atoms with Crippen molar-refractivity contribution in [3.63, 3.8) is 0 Å². The first kappa shape index (κ1) is 15.8. The Hall–Kier alpha value is -1.59. The van der Waals surface area contributed by atoms with Gasteiger partial charge >= 0.3 is 24.8 Å². The van der Waals surface area contributed by atoms with Crippen LogP contribution in [0.3, 0.4) is 0 Å². The van der Waals surface area contributed by atoms with E-state index in [1.807, 2.05) is 71.8 Å². The van der Waals surface area contributed by atoms with E-state index in [2.05, 4.69) is 29.8 Å². The van der Waals surface area contributed by atoms with Gasteiger partial charge in [-0.25, -0.2) is 4.98 Å². The van der Waals surface area contributed by atoms with Crippen LogP contribution in [0.25, 0.3) is 0 Å². The van der Waals surface area contributed by atoms with E-state index in [0.29, 0.717) is 11.6 Å². The molecule has 0 radical (unpaired) electrons. The Kier molecular flexibility index (Phi) is 5.20. The zero-order chi connectivity index (χ0) is 15.4. The standard InChI is InChI=1S/C13H15N5O.ClH.Ni/c1-15-3-5-17(9-15)12-7-11(19)8-13(14-12)18-6-4-16(2)10-18;;/h3-10H,1-2H3,(H,14,19);1H;/q-2;;+1/p-1. The van der Waals surface area contributed by atoms with E-state index in [1.165, 1.54) is 0 Å². The first-order chi connectivity index (χ1) is 10.1. The topological polar surface area (TPSA) is 46.1 Å². The van der Waals surface area contributed by atoms with Crippen molar-refractivity contribution in [1.29, 1.82) is 0 Å². The van der Waals surface area contributed by atoms with Crippen molar-refractivity contribution in [1.82, 2.24) is 14.8 Å². The van der Waals surface area contributed by atoms with Crippen molar-refractivity contribution in [3.8, 4) is 5.75 Å². The molecule has 0 saturated heterocycles. The Balaban J connectivity index is 0.000000774. The molecular weight excluding hydrogens is 336 g/mol. The molecule has 0 amide bonds. The molecule has 1 aromatic rings. The third kappa shape index (κ3) is 3.74. The van der Waals surface area contributed by atoms with Gasteiger partial charge in [0, 0.05) is 12.1 Å². The molecule has 1 N–H and O–H groups in total. The summed E-state index contributed by atoms with van der Waals surface area (Å²) < 4.78 is 0. The fourth-order valence-electron chi connectivity index (χ4n) is 1.92.